The molecule has 96 valence electrons. The van der Waals surface area contributed by atoms with Gasteiger partial charge in [-0.1, -0.05) is 22.0 Å². The molecular formula is C13H14BrNO3. The number of benzene rings is 1. The van der Waals surface area contributed by atoms with E-state index in [1.807, 2.05) is 25.1 Å². The Balaban J connectivity index is 2.03. The lowest BCUT2D eigenvalue weighted by Gasteiger charge is -2.31. The molecule has 0 saturated heterocycles. The van der Waals surface area contributed by atoms with Gasteiger partial charge >= 0.3 is 5.97 Å². The highest BCUT2D eigenvalue weighted by Gasteiger charge is 2.41. The van der Waals surface area contributed by atoms with Crippen molar-refractivity contribution < 1.29 is 14.7 Å². The van der Waals surface area contributed by atoms with E-state index in [0.717, 1.165) is 10.0 Å². The minimum Gasteiger partial charge on any atom is -0.481 e. The average molecular weight is 312 g/mol. The van der Waals surface area contributed by atoms with E-state index in [4.69, 9.17) is 5.11 Å². The second kappa shape index (κ2) is 5.10. The van der Waals surface area contributed by atoms with Crippen LogP contribution in [-0.2, 0) is 9.59 Å². The number of carboxylic acid groups (broad SMARTS) is 1. The maximum Gasteiger partial charge on any atom is 0.307 e. The van der Waals surface area contributed by atoms with Gasteiger partial charge in [-0.2, -0.15) is 0 Å². The first kappa shape index (κ1) is 13.1. The van der Waals surface area contributed by atoms with Gasteiger partial charge in [0.15, 0.2) is 0 Å². The van der Waals surface area contributed by atoms with Gasteiger partial charge in [0.2, 0.25) is 5.91 Å². The lowest BCUT2D eigenvalue weighted by atomic mass is 9.73. The molecule has 1 aromatic carbocycles. The summed E-state index contributed by atoms with van der Waals surface area (Å²) in [5.74, 6) is -2.02. The van der Waals surface area contributed by atoms with E-state index in [9.17, 15) is 9.59 Å². The quantitative estimate of drug-likeness (QED) is 0.902. The van der Waals surface area contributed by atoms with Crippen molar-refractivity contribution in [2.24, 2.45) is 11.8 Å². The molecule has 2 rings (SSSR count). The van der Waals surface area contributed by atoms with Crippen LogP contribution in [0.15, 0.2) is 22.7 Å². The summed E-state index contributed by atoms with van der Waals surface area (Å²) in [4.78, 5) is 22.8. The maximum atomic E-state index is 11.9. The third kappa shape index (κ3) is 2.56. The van der Waals surface area contributed by atoms with Gasteiger partial charge in [-0.25, -0.2) is 0 Å². The Morgan fingerprint density at radius 2 is 2.00 bits per heavy atom. The molecule has 0 radical (unpaired) electrons. The fraction of sp³-hybridized carbons (Fsp3) is 0.385. The van der Waals surface area contributed by atoms with Crippen LogP contribution in [0.1, 0.15) is 18.4 Å². The Morgan fingerprint density at radius 3 is 2.50 bits per heavy atom. The zero-order valence-electron chi connectivity index (χ0n) is 9.94. The number of carbonyl (C=O) groups excluding carboxylic acids is 1. The second-order valence-corrected chi connectivity index (χ2v) is 5.44. The Kier molecular flexibility index (Phi) is 3.71. The van der Waals surface area contributed by atoms with Crippen molar-refractivity contribution in [2.45, 2.75) is 19.8 Å². The predicted molar refractivity (Wildman–Crippen MR) is 71.4 cm³/mol. The van der Waals surface area contributed by atoms with Gasteiger partial charge in [-0.3, -0.25) is 9.59 Å². The number of anilines is 1. The van der Waals surface area contributed by atoms with Crippen molar-refractivity contribution in [1.82, 2.24) is 0 Å². The van der Waals surface area contributed by atoms with E-state index in [1.165, 1.54) is 0 Å². The molecule has 0 heterocycles. The summed E-state index contributed by atoms with van der Waals surface area (Å²) in [6.45, 7) is 1.96. The van der Waals surface area contributed by atoms with Gasteiger partial charge in [0.25, 0.3) is 0 Å². The average Bonchev–Trinajstić information content (AvgIpc) is 2.20. The molecule has 0 aromatic heterocycles. The van der Waals surface area contributed by atoms with Crippen LogP contribution in [0.25, 0.3) is 0 Å². The smallest absolute Gasteiger partial charge is 0.307 e. The van der Waals surface area contributed by atoms with Gasteiger partial charge in [-0.15, -0.1) is 0 Å². The molecule has 4 nitrogen and oxygen atoms in total. The summed E-state index contributed by atoms with van der Waals surface area (Å²) in [6, 6.07) is 5.53. The monoisotopic (exact) mass is 311 g/mol. The Morgan fingerprint density at radius 1 is 1.33 bits per heavy atom. The molecule has 2 unspecified atom stereocenters. The molecule has 2 atom stereocenters. The van der Waals surface area contributed by atoms with Crippen molar-refractivity contribution >= 4 is 33.5 Å². The van der Waals surface area contributed by atoms with Gasteiger partial charge in [0.05, 0.1) is 11.8 Å². The molecule has 18 heavy (non-hydrogen) atoms. The summed E-state index contributed by atoms with van der Waals surface area (Å²) < 4.78 is 0.920. The first-order valence-corrected chi connectivity index (χ1v) is 6.58. The van der Waals surface area contributed by atoms with Crippen LogP contribution in [0.4, 0.5) is 5.69 Å². The van der Waals surface area contributed by atoms with Crippen molar-refractivity contribution in [3.05, 3.63) is 28.2 Å². The summed E-state index contributed by atoms with van der Waals surface area (Å²) in [5, 5.41) is 11.7. The van der Waals surface area contributed by atoms with E-state index in [2.05, 4.69) is 21.2 Å². The van der Waals surface area contributed by atoms with Crippen molar-refractivity contribution in [3.8, 4) is 0 Å². The number of rotatable bonds is 3. The zero-order valence-corrected chi connectivity index (χ0v) is 11.5. The van der Waals surface area contributed by atoms with Gasteiger partial charge < -0.3 is 10.4 Å². The number of amides is 1. The Labute approximate surface area is 114 Å². The van der Waals surface area contributed by atoms with Gasteiger partial charge in [0, 0.05) is 10.2 Å². The van der Waals surface area contributed by atoms with Crippen LogP contribution in [0, 0.1) is 18.8 Å². The summed E-state index contributed by atoms with van der Waals surface area (Å²) >= 11 is 3.39. The number of aliphatic carboxylic acids is 1. The fourth-order valence-corrected chi connectivity index (χ4v) is 2.39. The van der Waals surface area contributed by atoms with Crippen LogP contribution < -0.4 is 5.32 Å². The Hall–Kier alpha value is -1.36. The maximum absolute atomic E-state index is 11.9. The molecule has 1 aliphatic rings. The molecule has 1 aromatic rings. The minimum atomic E-state index is -0.883. The lowest BCUT2D eigenvalue weighted by Crippen LogP contribution is -2.41. The van der Waals surface area contributed by atoms with E-state index in [-0.39, 0.29) is 5.91 Å². The van der Waals surface area contributed by atoms with Crippen molar-refractivity contribution in [2.75, 3.05) is 5.32 Å². The number of nitrogens with one attached hydrogen (secondary N) is 1. The van der Waals surface area contributed by atoms with Gasteiger partial charge in [0.1, 0.15) is 0 Å². The van der Waals surface area contributed by atoms with Crippen LogP contribution in [0.2, 0.25) is 0 Å². The molecule has 0 aliphatic heterocycles. The second-order valence-electron chi connectivity index (χ2n) is 4.58. The molecule has 1 fully saturated rings. The number of aryl methyl sites for hydroxylation is 1. The van der Waals surface area contributed by atoms with E-state index in [1.54, 1.807) is 0 Å². The molecule has 2 N–H and O–H groups in total. The number of carboxylic acids is 1. The van der Waals surface area contributed by atoms with Crippen LogP contribution in [0.5, 0.6) is 0 Å². The summed E-state index contributed by atoms with van der Waals surface area (Å²) in [5.41, 5.74) is 1.77. The van der Waals surface area contributed by atoms with Crippen molar-refractivity contribution in [1.29, 1.82) is 0 Å². The number of hydrogen-bond acceptors (Lipinski definition) is 2. The number of hydrogen-bond donors (Lipinski definition) is 2. The molecule has 5 heteroatoms. The highest BCUT2D eigenvalue weighted by molar-refractivity contribution is 9.10. The molecule has 1 amide bonds. The van der Waals surface area contributed by atoms with Crippen molar-refractivity contribution in [3.63, 3.8) is 0 Å². The topological polar surface area (TPSA) is 66.4 Å². The normalized spacial score (nSPS) is 22.1. The third-order valence-electron chi connectivity index (χ3n) is 3.37. The predicted octanol–water partition coefficient (Wildman–Crippen LogP) is 2.81. The minimum absolute atomic E-state index is 0.204. The molecule has 1 saturated carbocycles. The first-order valence-electron chi connectivity index (χ1n) is 5.79. The van der Waals surface area contributed by atoms with E-state index in [0.29, 0.717) is 18.5 Å². The van der Waals surface area contributed by atoms with Crippen LogP contribution in [0.3, 0.4) is 0 Å². The van der Waals surface area contributed by atoms with E-state index < -0.39 is 17.8 Å². The highest BCUT2D eigenvalue weighted by Crippen LogP contribution is 2.35. The van der Waals surface area contributed by atoms with Crippen LogP contribution in [-0.4, -0.2) is 17.0 Å². The fourth-order valence-electron chi connectivity index (χ4n) is 2.01. The largest absolute Gasteiger partial charge is 0.481 e. The number of halogens is 1. The molecular weight excluding hydrogens is 298 g/mol. The summed E-state index contributed by atoms with van der Waals surface area (Å²) in [7, 11) is 0. The number of carbonyl (C=O) groups is 2. The highest BCUT2D eigenvalue weighted by atomic mass is 79.9. The molecule has 0 spiro atoms. The SMILES string of the molecule is Cc1ccc(NC(=O)C2CCC2C(=O)O)cc1Br. The molecule has 1 aliphatic carbocycles. The van der Waals surface area contributed by atoms with Crippen LogP contribution >= 0.6 is 15.9 Å². The lowest BCUT2D eigenvalue weighted by molar-refractivity contribution is -0.151. The van der Waals surface area contributed by atoms with E-state index >= 15 is 0 Å². The molecule has 0 bridgehead atoms. The zero-order chi connectivity index (χ0) is 13.3. The summed E-state index contributed by atoms with van der Waals surface area (Å²) in [6.07, 6.45) is 1.24. The first-order chi connectivity index (χ1) is 8.49. The Bertz CT molecular complexity index is 501. The third-order valence-corrected chi connectivity index (χ3v) is 4.22. The van der Waals surface area contributed by atoms with Gasteiger partial charge in [-0.05, 0) is 37.5 Å². The standard InChI is InChI=1S/C13H14BrNO3/c1-7-2-3-8(6-11(7)14)15-12(16)9-4-5-10(9)13(17)18/h2-3,6,9-10H,4-5H2,1H3,(H,15,16)(H,17,18).